The van der Waals surface area contributed by atoms with Gasteiger partial charge in [-0.25, -0.2) is 0 Å². The zero-order chi connectivity index (χ0) is 32.0. The predicted molar refractivity (Wildman–Crippen MR) is 151 cm³/mol. The van der Waals surface area contributed by atoms with E-state index in [2.05, 4.69) is 4.74 Å². The van der Waals surface area contributed by atoms with Crippen molar-refractivity contribution in [1.82, 2.24) is 0 Å². The van der Waals surface area contributed by atoms with Gasteiger partial charge in [0.2, 0.25) is 0 Å². The maximum absolute atomic E-state index is 14.2. The summed E-state index contributed by atoms with van der Waals surface area (Å²) < 4.78 is 77.5. The van der Waals surface area contributed by atoms with Gasteiger partial charge >= 0.3 is 12.3 Å². The number of para-hydroxylation sites is 1. The monoisotopic (exact) mass is 619 g/mol. The van der Waals surface area contributed by atoms with E-state index in [0.717, 1.165) is 12.1 Å². The number of alkyl halides is 3. The first-order valence-corrected chi connectivity index (χ1v) is 13.5. The van der Waals surface area contributed by atoms with Gasteiger partial charge in [-0.2, -0.15) is 0 Å². The Morgan fingerprint density at radius 1 is 0.886 bits per heavy atom. The van der Waals surface area contributed by atoms with E-state index >= 15 is 0 Å². The second-order valence-electron chi connectivity index (χ2n) is 9.47. The lowest BCUT2D eigenvalue weighted by molar-refractivity contribution is -0.274. The van der Waals surface area contributed by atoms with Crippen molar-refractivity contribution in [2.75, 3.05) is 39.9 Å². The number of carbonyl (C=O) groups is 2. The van der Waals surface area contributed by atoms with E-state index in [4.69, 9.17) is 28.4 Å². The van der Waals surface area contributed by atoms with Crippen LogP contribution in [0.3, 0.4) is 0 Å². The third-order valence-corrected chi connectivity index (χ3v) is 6.84. The van der Waals surface area contributed by atoms with Gasteiger partial charge in [0.15, 0.2) is 11.5 Å². The maximum atomic E-state index is 14.2. The number of carbonyl (C=O) groups excluding carboxylic acids is 2. The Bertz CT molecular complexity index is 1490. The summed E-state index contributed by atoms with van der Waals surface area (Å²) in [4.78, 5) is 28.2. The molecule has 0 bridgehead atoms. The van der Waals surface area contributed by atoms with Crippen LogP contribution in [0.1, 0.15) is 36.1 Å². The van der Waals surface area contributed by atoms with E-state index in [1.807, 2.05) is 0 Å². The number of rotatable bonds is 11. The SMILES string of the molecule is CCOC(=O)CC1OC(c2cccc(OC)c2OC)c2cc(OC(F)(F)F)ccc2N(Cc2ccc(OC)cc2OC)C1=O. The Morgan fingerprint density at radius 3 is 2.25 bits per heavy atom. The predicted octanol–water partition coefficient (Wildman–Crippen LogP) is 5.59. The number of nitrogens with zero attached hydrogens (tertiary/aromatic N) is 1. The Balaban J connectivity index is 1.96. The number of hydrogen-bond acceptors (Lipinski definition) is 9. The summed E-state index contributed by atoms with van der Waals surface area (Å²) >= 11 is 0. The summed E-state index contributed by atoms with van der Waals surface area (Å²) in [5.41, 5.74) is 1.24. The van der Waals surface area contributed by atoms with Crippen LogP contribution in [0.15, 0.2) is 54.6 Å². The van der Waals surface area contributed by atoms with Crippen molar-refractivity contribution in [3.05, 3.63) is 71.3 Å². The Morgan fingerprint density at radius 2 is 1.61 bits per heavy atom. The fourth-order valence-corrected chi connectivity index (χ4v) is 4.96. The second kappa shape index (κ2) is 13.8. The van der Waals surface area contributed by atoms with E-state index in [9.17, 15) is 22.8 Å². The average Bonchev–Trinajstić information content (AvgIpc) is 3.10. The quantitative estimate of drug-likeness (QED) is 0.254. The summed E-state index contributed by atoms with van der Waals surface area (Å²) in [6.07, 6.45) is -8.07. The van der Waals surface area contributed by atoms with E-state index in [0.29, 0.717) is 28.4 Å². The fourth-order valence-electron chi connectivity index (χ4n) is 4.96. The van der Waals surface area contributed by atoms with Crippen LogP contribution in [-0.2, 0) is 25.6 Å². The van der Waals surface area contributed by atoms with Crippen LogP contribution >= 0.6 is 0 Å². The van der Waals surface area contributed by atoms with Crippen molar-refractivity contribution in [3.8, 4) is 28.7 Å². The molecule has 3 aromatic carbocycles. The molecule has 236 valence electrons. The van der Waals surface area contributed by atoms with Crippen LogP contribution in [0.2, 0.25) is 0 Å². The smallest absolute Gasteiger partial charge is 0.497 e. The zero-order valence-electron chi connectivity index (χ0n) is 24.7. The molecule has 13 heteroatoms. The molecule has 3 aromatic rings. The third kappa shape index (κ3) is 7.10. The third-order valence-electron chi connectivity index (χ3n) is 6.84. The highest BCUT2D eigenvalue weighted by atomic mass is 19.4. The number of amides is 1. The van der Waals surface area contributed by atoms with Crippen molar-refractivity contribution in [3.63, 3.8) is 0 Å². The minimum absolute atomic E-state index is 0.0675. The minimum atomic E-state index is -4.98. The van der Waals surface area contributed by atoms with Gasteiger partial charge in [-0.05, 0) is 43.3 Å². The zero-order valence-corrected chi connectivity index (χ0v) is 24.7. The van der Waals surface area contributed by atoms with E-state index in [1.165, 1.54) is 39.4 Å². The van der Waals surface area contributed by atoms with Gasteiger partial charge in [-0.1, -0.05) is 12.1 Å². The van der Waals surface area contributed by atoms with E-state index < -0.39 is 42.6 Å². The highest BCUT2D eigenvalue weighted by Gasteiger charge is 2.40. The molecule has 1 amide bonds. The van der Waals surface area contributed by atoms with Crippen LogP contribution < -0.4 is 28.6 Å². The van der Waals surface area contributed by atoms with Gasteiger partial charge in [0.05, 0.1) is 53.7 Å². The van der Waals surface area contributed by atoms with Gasteiger partial charge in [-0.3, -0.25) is 9.59 Å². The highest BCUT2D eigenvalue weighted by Crippen LogP contribution is 2.46. The van der Waals surface area contributed by atoms with Crippen LogP contribution in [0.5, 0.6) is 28.7 Å². The van der Waals surface area contributed by atoms with E-state index in [-0.39, 0.29) is 30.2 Å². The number of hydrogen-bond donors (Lipinski definition) is 0. The first-order chi connectivity index (χ1) is 21.0. The van der Waals surface area contributed by atoms with Crippen LogP contribution in [0, 0.1) is 0 Å². The van der Waals surface area contributed by atoms with Crippen LogP contribution in [0.4, 0.5) is 18.9 Å². The number of halogens is 3. The molecule has 1 heterocycles. The topological polar surface area (TPSA) is 102 Å². The first-order valence-electron chi connectivity index (χ1n) is 13.5. The Kier molecular flexibility index (Phi) is 10.1. The molecule has 1 aliphatic rings. The van der Waals surface area contributed by atoms with Crippen LogP contribution in [-0.4, -0.2) is 59.4 Å². The molecule has 44 heavy (non-hydrogen) atoms. The van der Waals surface area contributed by atoms with Crippen molar-refractivity contribution in [2.24, 2.45) is 0 Å². The molecule has 0 aromatic heterocycles. The number of ether oxygens (including phenoxy) is 7. The lowest BCUT2D eigenvalue weighted by atomic mass is 9.97. The number of esters is 1. The molecule has 0 radical (unpaired) electrons. The second-order valence-corrected chi connectivity index (χ2v) is 9.47. The van der Waals surface area contributed by atoms with Crippen LogP contribution in [0.25, 0.3) is 0 Å². The summed E-state index contributed by atoms with van der Waals surface area (Å²) in [6, 6.07) is 13.5. The fraction of sp³-hybridized carbons (Fsp3) is 0.355. The minimum Gasteiger partial charge on any atom is -0.497 e. The molecule has 0 saturated carbocycles. The highest BCUT2D eigenvalue weighted by molar-refractivity contribution is 6.00. The Hall–Kier alpha value is -4.65. The lowest BCUT2D eigenvalue weighted by Crippen LogP contribution is -2.40. The van der Waals surface area contributed by atoms with Crippen molar-refractivity contribution < 1.29 is 55.9 Å². The maximum Gasteiger partial charge on any atom is 0.573 e. The van der Waals surface area contributed by atoms with Crippen molar-refractivity contribution in [2.45, 2.75) is 38.5 Å². The number of methoxy groups -OCH3 is 4. The van der Waals surface area contributed by atoms with E-state index in [1.54, 1.807) is 43.3 Å². The number of anilines is 1. The summed E-state index contributed by atoms with van der Waals surface area (Å²) in [5, 5.41) is 0. The van der Waals surface area contributed by atoms with Gasteiger partial charge in [-0.15, -0.1) is 13.2 Å². The molecule has 2 atom stereocenters. The first kappa shape index (κ1) is 32.3. The van der Waals surface area contributed by atoms with Crippen molar-refractivity contribution >= 4 is 17.6 Å². The molecule has 0 fully saturated rings. The van der Waals surface area contributed by atoms with Gasteiger partial charge in [0.25, 0.3) is 5.91 Å². The molecular formula is C31H32F3NO9. The molecule has 10 nitrogen and oxygen atoms in total. The summed E-state index contributed by atoms with van der Waals surface area (Å²) in [7, 11) is 5.77. The largest absolute Gasteiger partial charge is 0.573 e. The normalized spacial score (nSPS) is 16.5. The van der Waals surface area contributed by atoms with Gasteiger partial charge < -0.3 is 38.1 Å². The lowest BCUT2D eigenvalue weighted by Gasteiger charge is -2.26. The molecular weight excluding hydrogens is 587 g/mol. The summed E-state index contributed by atoms with van der Waals surface area (Å²) in [6.45, 7) is 1.60. The standard InChI is InChI=1S/C31H32F3NO9/c1-6-42-27(36)16-26-30(37)35(17-18-10-11-19(38-2)15-25(18)40-4)23-13-12-20(44-31(32,33)34)14-22(23)28(43-26)21-8-7-9-24(39-3)29(21)41-5/h7-15,26,28H,6,16-17H2,1-5H3. The molecule has 4 rings (SSSR count). The number of benzene rings is 3. The van der Waals surface area contributed by atoms with Gasteiger partial charge in [0.1, 0.15) is 29.5 Å². The Labute approximate surface area is 252 Å². The molecule has 0 spiro atoms. The molecule has 0 N–H and O–H groups in total. The van der Waals surface area contributed by atoms with Gasteiger partial charge in [0, 0.05) is 22.8 Å². The number of fused-ring (bicyclic) bond motifs is 1. The molecule has 2 unspecified atom stereocenters. The molecule has 0 aliphatic carbocycles. The molecule has 0 saturated heterocycles. The van der Waals surface area contributed by atoms with Crippen molar-refractivity contribution in [1.29, 1.82) is 0 Å². The average molecular weight is 620 g/mol. The summed E-state index contributed by atoms with van der Waals surface area (Å²) in [5.74, 6) is -0.423. The molecule has 1 aliphatic heterocycles.